The van der Waals surface area contributed by atoms with E-state index < -0.39 is 0 Å². The molecule has 0 aromatic carbocycles. The van der Waals surface area contributed by atoms with Crippen LogP contribution in [0.5, 0.6) is 0 Å². The Kier molecular flexibility index (Phi) is 3.87. The van der Waals surface area contributed by atoms with Crippen molar-refractivity contribution in [2.75, 3.05) is 0 Å². The lowest BCUT2D eigenvalue weighted by molar-refractivity contribution is 1.00. The van der Waals surface area contributed by atoms with E-state index in [1.807, 2.05) is 13.8 Å². The molecule has 3 heteroatoms. The van der Waals surface area contributed by atoms with Crippen LogP contribution >= 0.6 is 11.8 Å². The number of rotatable bonds is 3. The second-order valence-corrected chi connectivity index (χ2v) is 3.79. The van der Waals surface area contributed by atoms with Gasteiger partial charge >= 0.3 is 0 Å². The fourth-order valence-corrected chi connectivity index (χ4v) is 1.26. The monoisotopic (exact) mass is 133 g/mol. The van der Waals surface area contributed by atoms with E-state index in [0.717, 1.165) is 0 Å². The molecule has 0 radical (unpaired) electrons. The fraction of sp³-hybridized carbons (Fsp3) is 1.00. The van der Waals surface area contributed by atoms with Gasteiger partial charge < -0.3 is 0 Å². The van der Waals surface area contributed by atoms with E-state index in [1.165, 1.54) is 0 Å². The molecule has 0 N–H and O–H groups in total. The van der Waals surface area contributed by atoms with Crippen molar-refractivity contribution in [3.05, 3.63) is 4.91 Å². The zero-order valence-corrected chi connectivity index (χ0v) is 6.23. The van der Waals surface area contributed by atoms with Gasteiger partial charge in [-0.2, -0.15) is 0 Å². The summed E-state index contributed by atoms with van der Waals surface area (Å²) in [6, 6.07) is 0. The third kappa shape index (κ3) is 4.12. The number of nitroso groups, excluding NO2 is 1. The van der Waals surface area contributed by atoms with Crippen LogP contribution in [-0.2, 0) is 0 Å². The lowest BCUT2D eigenvalue weighted by Crippen LogP contribution is -1.95. The van der Waals surface area contributed by atoms with Crippen LogP contribution in [0, 0.1) is 4.91 Å². The molecule has 2 nitrogen and oxygen atoms in total. The smallest absolute Gasteiger partial charge is 0.135 e. The fourth-order valence-electron chi connectivity index (χ4n) is 0.419. The number of hydrogen-bond acceptors (Lipinski definition) is 3. The lowest BCUT2D eigenvalue weighted by Gasteiger charge is -2.03. The molecular formula is C5H11NOS. The van der Waals surface area contributed by atoms with Crippen LogP contribution < -0.4 is 0 Å². The molecule has 0 saturated heterocycles. The highest BCUT2D eigenvalue weighted by atomic mass is 32.2. The van der Waals surface area contributed by atoms with E-state index in [4.69, 9.17) is 0 Å². The van der Waals surface area contributed by atoms with Crippen LogP contribution in [-0.4, -0.2) is 10.6 Å². The molecule has 0 bridgehead atoms. The predicted octanol–water partition coefficient (Wildman–Crippen LogP) is 2.24. The highest BCUT2D eigenvalue weighted by Gasteiger charge is 2.02. The highest BCUT2D eigenvalue weighted by molar-refractivity contribution is 8.00. The SMILES string of the molecule is CC(C)SC(C)N=O. The predicted molar refractivity (Wildman–Crippen MR) is 38.0 cm³/mol. The summed E-state index contributed by atoms with van der Waals surface area (Å²) < 4.78 is 0. The molecule has 1 atom stereocenters. The minimum atomic E-state index is -0.0880. The first-order valence-corrected chi connectivity index (χ1v) is 3.59. The van der Waals surface area contributed by atoms with Crippen molar-refractivity contribution in [3.8, 4) is 0 Å². The van der Waals surface area contributed by atoms with E-state index in [1.54, 1.807) is 18.7 Å². The van der Waals surface area contributed by atoms with E-state index >= 15 is 0 Å². The van der Waals surface area contributed by atoms with Crippen molar-refractivity contribution in [3.63, 3.8) is 0 Å². The molecule has 0 saturated carbocycles. The Morgan fingerprint density at radius 3 is 2.00 bits per heavy atom. The topological polar surface area (TPSA) is 29.4 Å². The standard InChI is InChI=1S/C5H11NOS/c1-4(2)8-5(3)6-7/h4-5H,1-3H3. The Balaban J connectivity index is 3.23. The molecule has 0 aromatic heterocycles. The van der Waals surface area contributed by atoms with Gasteiger partial charge in [-0.3, -0.25) is 0 Å². The summed E-state index contributed by atoms with van der Waals surface area (Å²) in [5.41, 5.74) is 0. The van der Waals surface area contributed by atoms with Crippen LogP contribution in [0.4, 0.5) is 0 Å². The summed E-state index contributed by atoms with van der Waals surface area (Å²) in [5, 5.41) is 3.26. The van der Waals surface area contributed by atoms with E-state index in [0.29, 0.717) is 5.25 Å². The van der Waals surface area contributed by atoms with Gasteiger partial charge in [-0.05, 0) is 6.92 Å². The highest BCUT2D eigenvalue weighted by Crippen LogP contribution is 2.16. The molecule has 0 aliphatic carbocycles. The van der Waals surface area contributed by atoms with Crippen LogP contribution in [0.25, 0.3) is 0 Å². The van der Waals surface area contributed by atoms with Crippen molar-refractivity contribution in [2.24, 2.45) is 5.18 Å². The van der Waals surface area contributed by atoms with Crippen molar-refractivity contribution in [1.82, 2.24) is 0 Å². The quantitative estimate of drug-likeness (QED) is 0.552. The maximum atomic E-state index is 9.77. The summed E-state index contributed by atoms with van der Waals surface area (Å²) in [7, 11) is 0. The van der Waals surface area contributed by atoms with E-state index in [-0.39, 0.29) is 5.37 Å². The second kappa shape index (κ2) is 3.89. The molecule has 0 heterocycles. The largest absolute Gasteiger partial charge is 0.150 e. The molecule has 0 fully saturated rings. The Hall–Kier alpha value is -0.0500. The normalized spacial score (nSPS) is 14.0. The van der Waals surface area contributed by atoms with Crippen LogP contribution in [0.2, 0.25) is 0 Å². The molecule has 0 aromatic rings. The zero-order chi connectivity index (χ0) is 6.57. The first kappa shape index (κ1) is 7.95. The van der Waals surface area contributed by atoms with E-state index in [9.17, 15) is 4.91 Å². The van der Waals surface area contributed by atoms with Crippen molar-refractivity contribution in [1.29, 1.82) is 0 Å². The van der Waals surface area contributed by atoms with Gasteiger partial charge in [0.15, 0.2) is 0 Å². The third-order valence-electron chi connectivity index (χ3n) is 0.618. The van der Waals surface area contributed by atoms with Gasteiger partial charge in [0.1, 0.15) is 5.37 Å². The molecule has 8 heavy (non-hydrogen) atoms. The van der Waals surface area contributed by atoms with Gasteiger partial charge in [0.2, 0.25) is 0 Å². The first-order chi connectivity index (χ1) is 3.66. The number of thioether (sulfide) groups is 1. The zero-order valence-electron chi connectivity index (χ0n) is 5.42. The van der Waals surface area contributed by atoms with Gasteiger partial charge in [0, 0.05) is 5.25 Å². The summed E-state index contributed by atoms with van der Waals surface area (Å²) in [6.45, 7) is 5.90. The summed E-state index contributed by atoms with van der Waals surface area (Å²) in [4.78, 5) is 9.77. The van der Waals surface area contributed by atoms with Gasteiger partial charge in [0.25, 0.3) is 0 Å². The lowest BCUT2D eigenvalue weighted by atomic mass is 10.6. The Morgan fingerprint density at radius 2 is 1.88 bits per heavy atom. The Morgan fingerprint density at radius 1 is 1.38 bits per heavy atom. The third-order valence-corrected chi connectivity index (χ3v) is 1.64. The van der Waals surface area contributed by atoms with Crippen LogP contribution in [0.1, 0.15) is 20.8 Å². The van der Waals surface area contributed by atoms with Gasteiger partial charge in [0.05, 0.1) is 0 Å². The van der Waals surface area contributed by atoms with Crippen molar-refractivity contribution in [2.45, 2.75) is 31.4 Å². The van der Waals surface area contributed by atoms with Crippen LogP contribution in [0.3, 0.4) is 0 Å². The van der Waals surface area contributed by atoms with E-state index in [2.05, 4.69) is 5.18 Å². The van der Waals surface area contributed by atoms with Gasteiger partial charge in [-0.25, -0.2) is 0 Å². The minimum absolute atomic E-state index is 0.0880. The van der Waals surface area contributed by atoms with Crippen molar-refractivity contribution < 1.29 is 0 Å². The summed E-state index contributed by atoms with van der Waals surface area (Å²) >= 11 is 1.58. The van der Waals surface area contributed by atoms with Crippen molar-refractivity contribution >= 4 is 11.8 Å². The van der Waals surface area contributed by atoms with Crippen LogP contribution in [0.15, 0.2) is 5.18 Å². The molecule has 1 unspecified atom stereocenters. The molecule has 0 spiro atoms. The average Bonchev–Trinajstić information content (AvgIpc) is 1.65. The molecule has 48 valence electrons. The second-order valence-electron chi connectivity index (χ2n) is 1.89. The maximum absolute atomic E-state index is 9.77. The molecule has 0 rings (SSSR count). The maximum Gasteiger partial charge on any atom is 0.135 e. The Labute approximate surface area is 54.0 Å². The minimum Gasteiger partial charge on any atom is -0.150 e. The van der Waals surface area contributed by atoms with Gasteiger partial charge in [-0.15, -0.1) is 16.7 Å². The summed E-state index contributed by atoms with van der Waals surface area (Å²) in [6.07, 6.45) is 0. The molecule has 0 aliphatic rings. The number of nitrogens with zero attached hydrogens (tertiary/aromatic N) is 1. The summed E-state index contributed by atoms with van der Waals surface area (Å²) in [5.74, 6) is 0. The molecular weight excluding hydrogens is 122 g/mol. The average molecular weight is 133 g/mol. The Bertz CT molecular complexity index is 74.8. The van der Waals surface area contributed by atoms with Gasteiger partial charge in [-0.1, -0.05) is 19.0 Å². The molecule has 0 aliphatic heterocycles. The first-order valence-electron chi connectivity index (χ1n) is 2.64. The number of hydrogen-bond donors (Lipinski definition) is 0. The molecule has 0 amide bonds.